The number of ether oxygens (including phenoxy) is 1. The largest absolute Gasteiger partial charge is 0.462 e. The molecule has 3 nitrogen and oxygen atoms in total. The number of carbonyl (C=O) groups is 1. The third kappa shape index (κ3) is 2.19. The summed E-state index contributed by atoms with van der Waals surface area (Å²) in [5.41, 5.74) is 2.26. The van der Waals surface area contributed by atoms with Crippen molar-refractivity contribution in [1.29, 1.82) is 5.41 Å². The molecule has 0 radical (unpaired) electrons. The van der Waals surface area contributed by atoms with Crippen LogP contribution in [-0.2, 0) is 4.74 Å². The number of nitrogens with one attached hydrogen (secondary N) is 1. The summed E-state index contributed by atoms with van der Waals surface area (Å²) in [5.74, 6) is -0.313. The van der Waals surface area contributed by atoms with Crippen molar-refractivity contribution >= 4 is 12.2 Å². The molecule has 14 heavy (non-hydrogen) atoms. The molecule has 1 rings (SSSR count). The molecule has 1 N–H and O–H groups in total. The molecule has 0 aliphatic carbocycles. The van der Waals surface area contributed by atoms with Crippen molar-refractivity contribution in [2.24, 2.45) is 0 Å². The molecule has 0 atom stereocenters. The molecule has 0 saturated carbocycles. The van der Waals surface area contributed by atoms with Crippen LogP contribution >= 0.6 is 0 Å². The highest BCUT2D eigenvalue weighted by Gasteiger charge is 2.06. The van der Waals surface area contributed by atoms with Gasteiger partial charge in [-0.3, -0.25) is 0 Å². The molecule has 0 spiro atoms. The molecule has 0 amide bonds. The van der Waals surface area contributed by atoms with Gasteiger partial charge in [0, 0.05) is 6.21 Å². The van der Waals surface area contributed by atoms with Gasteiger partial charge >= 0.3 is 5.97 Å². The van der Waals surface area contributed by atoms with Gasteiger partial charge in [-0.2, -0.15) is 0 Å². The summed E-state index contributed by atoms with van der Waals surface area (Å²) in [6.45, 7) is 4.02. The minimum Gasteiger partial charge on any atom is -0.462 e. The van der Waals surface area contributed by atoms with E-state index in [-0.39, 0.29) is 5.97 Å². The lowest BCUT2D eigenvalue weighted by molar-refractivity contribution is 0.0526. The molecule has 0 saturated heterocycles. The van der Waals surface area contributed by atoms with Gasteiger partial charge in [-0.1, -0.05) is 6.07 Å². The fraction of sp³-hybridized carbons (Fsp3) is 0.273. The molecule has 0 heterocycles. The average Bonchev–Trinajstić information content (AvgIpc) is 2.18. The molecule has 0 aliphatic rings. The van der Waals surface area contributed by atoms with Gasteiger partial charge in [0.2, 0.25) is 0 Å². The normalized spacial score (nSPS) is 9.57. The van der Waals surface area contributed by atoms with E-state index in [4.69, 9.17) is 10.1 Å². The molecule has 0 aromatic heterocycles. The summed E-state index contributed by atoms with van der Waals surface area (Å²) >= 11 is 0. The van der Waals surface area contributed by atoms with Crippen LogP contribution in [0.1, 0.15) is 28.4 Å². The summed E-state index contributed by atoms with van der Waals surface area (Å²) in [4.78, 5) is 11.3. The van der Waals surface area contributed by atoms with Crippen LogP contribution in [-0.4, -0.2) is 18.8 Å². The summed E-state index contributed by atoms with van der Waals surface area (Å²) in [7, 11) is 0. The number of hydrogen-bond acceptors (Lipinski definition) is 3. The minimum absolute atomic E-state index is 0.313. The summed E-state index contributed by atoms with van der Waals surface area (Å²) < 4.78 is 4.86. The Morgan fingerprint density at radius 3 is 2.79 bits per heavy atom. The first-order chi connectivity index (χ1) is 6.69. The zero-order chi connectivity index (χ0) is 10.6. The highest BCUT2D eigenvalue weighted by Crippen LogP contribution is 2.10. The second kappa shape index (κ2) is 4.56. The fourth-order valence-electron chi connectivity index (χ4n) is 1.18. The number of rotatable bonds is 3. The van der Waals surface area contributed by atoms with Crippen molar-refractivity contribution in [1.82, 2.24) is 0 Å². The van der Waals surface area contributed by atoms with Gasteiger partial charge in [0.25, 0.3) is 0 Å². The van der Waals surface area contributed by atoms with E-state index >= 15 is 0 Å². The molecule has 74 valence electrons. The topological polar surface area (TPSA) is 50.2 Å². The Balaban J connectivity index is 2.96. The Hall–Kier alpha value is -1.64. The minimum atomic E-state index is -0.313. The number of aryl methyl sites for hydroxylation is 1. The van der Waals surface area contributed by atoms with Crippen LogP contribution in [0.5, 0.6) is 0 Å². The first kappa shape index (κ1) is 10.4. The lowest BCUT2D eigenvalue weighted by atomic mass is 10.1. The first-order valence-electron chi connectivity index (χ1n) is 4.47. The van der Waals surface area contributed by atoms with Crippen molar-refractivity contribution in [3.63, 3.8) is 0 Å². The molecule has 1 aromatic rings. The van der Waals surface area contributed by atoms with E-state index in [2.05, 4.69) is 0 Å². The lowest BCUT2D eigenvalue weighted by Gasteiger charge is -2.04. The first-order valence-corrected chi connectivity index (χ1v) is 4.47. The summed E-state index contributed by atoms with van der Waals surface area (Å²) in [6.07, 6.45) is 1.27. The standard InChI is InChI=1S/C11H13NO2/c1-3-14-11(13)9-4-5-10(7-12)8(2)6-9/h4-7,12H,3H2,1-2H3. The van der Waals surface area contributed by atoms with Crippen LogP contribution in [0.2, 0.25) is 0 Å². The van der Waals surface area contributed by atoms with Crippen LogP contribution < -0.4 is 0 Å². The van der Waals surface area contributed by atoms with Crippen molar-refractivity contribution < 1.29 is 9.53 Å². The molecule has 1 aromatic carbocycles. The zero-order valence-electron chi connectivity index (χ0n) is 8.33. The highest BCUT2D eigenvalue weighted by atomic mass is 16.5. The van der Waals surface area contributed by atoms with Crippen LogP contribution in [0.25, 0.3) is 0 Å². The quantitative estimate of drug-likeness (QED) is 0.588. The van der Waals surface area contributed by atoms with E-state index < -0.39 is 0 Å². The fourth-order valence-corrected chi connectivity index (χ4v) is 1.18. The van der Waals surface area contributed by atoms with E-state index in [9.17, 15) is 4.79 Å². The maximum absolute atomic E-state index is 11.3. The predicted octanol–water partition coefficient (Wildman–Crippen LogP) is 2.17. The molecule has 3 heteroatoms. The average molecular weight is 191 g/mol. The number of carbonyl (C=O) groups excluding carboxylic acids is 1. The third-order valence-electron chi connectivity index (χ3n) is 1.94. The van der Waals surface area contributed by atoms with E-state index in [0.717, 1.165) is 11.1 Å². The second-order valence-electron chi connectivity index (χ2n) is 2.94. The molecular formula is C11H13NO2. The lowest BCUT2D eigenvalue weighted by Crippen LogP contribution is -2.05. The number of esters is 1. The SMILES string of the molecule is CCOC(=O)c1ccc(C=N)c(C)c1. The van der Waals surface area contributed by atoms with Crippen LogP contribution in [0.15, 0.2) is 18.2 Å². The van der Waals surface area contributed by atoms with Crippen LogP contribution in [0.3, 0.4) is 0 Å². The van der Waals surface area contributed by atoms with Gasteiger partial charge < -0.3 is 10.1 Å². The second-order valence-corrected chi connectivity index (χ2v) is 2.94. The highest BCUT2D eigenvalue weighted by molar-refractivity contribution is 5.91. The van der Waals surface area contributed by atoms with Gasteiger partial charge in [0.1, 0.15) is 0 Å². The van der Waals surface area contributed by atoms with E-state index in [1.807, 2.05) is 6.92 Å². The number of benzene rings is 1. The predicted molar refractivity (Wildman–Crippen MR) is 55.0 cm³/mol. The summed E-state index contributed by atoms with van der Waals surface area (Å²) in [6, 6.07) is 5.15. The van der Waals surface area contributed by atoms with E-state index in [0.29, 0.717) is 12.2 Å². The Labute approximate surface area is 83.2 Å². The smallest absolute Gasteiger partial charge is 0.338 e. The Morgan fingerprint density at radius 1 is 1.57 bits per heavy atom. The molecule has 0 unspecified atom stereocenters. The molecular weight excluding hydrogens is 178 g/mol. The van der Waals surface area contributed by atoms with Crippen molar-refractivity contribution in [3.8, 4) is 0 Å². The van der Waals surface area contributed by atoms with Crippen LogP contribution in [0.4, 0.5) is 0 Å². The molecule has 0 aliphatic heterocycles. The van der Waals surface area contributed by atoms with Gasteiger partial charge in [-0.15, -0.1) is 0 Å². The van der Waals surface area contributed by atoms with E-state index in [1.165, 1.54) is 6.21 Å². The number of hydrogen-bond donors (Lipinski definition) is 1. The summed E-state index contributed by atoms with van der Waals surface area (Å²) in [5, 5.41) is 7.10. The van der Waals surface area contributed by atoms with Crippen molar-refractivity contribution in [2.75, 3.05) is 6.61 Å². The van der Waals surface area contributed by atoms with E-state index in [1.54, 1.807) is 25.1 Å². The van der Waals surface area contributed by atoms with Crippen molar-refractivity contribution in [3.05, 3.63) is 34.9 Å². The molecule has 0 fully saturated rings. The maximum atomic E-state index is 11.3. The Morgan fingerprint density at radius 2 is 2.29 bits per heavy atom. The zero-order valence-corrected chi connectivity index (χ0v) is 8.33. The Kier molecular flexibility index (Phi) is 3.40. The van der Waals surface area contributed by atoms with Gasteiger partial charge in [0.15, 0.2) is 0 Å². The maximum Gasteiger partial charge on any atom is 0.338 e. The van der Waals surface area contributed by atoms with Gasteiger partial charge in [0.05, 0.1) is 12.2 Å². The van der Waals surface area contributed by atoms with Gasteiger partial charge in [-0.25, -0.2) is 4.79 Å². The molecule has 0 bridgehead atoms. The Bertz CT molecular complexity index is 358. The van der Waals surface area contributed by atoms with Gasteiger partial charge in [-0.05, 0) is 37.1 Å². The van der Waals surface area contributed by atoms with Crippen LogP contribution in [0, 0.1) is 12.3 Å². The van der Waals surface area contributed by atoms with Crippen molar-refractivity contribution in [2.45, 2.75) is 13.8 Å². The monoisotopic (exact) mass is 191 g/mol. The third-order valence-corrected chi connectivity index (χ3v) is 1.94.